The fraction of sp³-hybridized carbons (Fsp3) is 0.222. The van der Waals surface area contributed by atoms with Gasteiger partial charge in [-0.05, 0) is 28.3 Å². The largest absolute Gasteiger partial charge is 0.338 e. The second-order valence-corrected chi connectivity index (χ2v) is 8.87. The molecular formula is C27H25N5O2. The first kappa shape index (κ1) is 20.5. The van der Waals surface area contributed by atoms with Crippen LogP contribution in [-0.4, -0.2) is 25.2 Å². The zero-order valence-electron chi connectivity index (χ0n) is 19.0. The van der Waals surface area contributed by atoms with Crippen molar-refractivity contribution in [3.05, 3.63) is 105 Å². The quantitative estimate of drug-likeness (QED) is 0.420. The number of rotatable bonds is 4. The van der Waals surface area contributed by atoms with Gasteiger partial charge in [-0.3, -0.25) is 13.9 Å². The number of aryl methyl sites for hydroxylation is 2. The highest BCUT2D eigenvalue weighted by molar-refractivity contribution is 5.85. The maximum atomic E-state index is 13.7. The molecular weight excluding hydrogens is 426 g/mol. The lowest BCUT2D eigenvalue weighted by Gasteiger charge is -2.29. The van der Waals surface area contributed by atoms with Crippen molar-refractivity contribution in [2.45, 2.75) is 26.1 Å². The third kappa shape index (κ3) is 3.23. The van der Waals surface area contributed by atoms with Crippen LogP contribution in [0, 0.1) is 0 Å². The lowest BCUT2D eigenvalue weighted by Crippen LogP contribution is -2.40. The highest BCUT2D eigenvalue weighted by Gasteiger charge is 2.26. The van der Waals surface area contributed by atoms with E-state index < -0.39 is 0 Å². The van der Waals surface area contributed by atoms with Crippen molar-refractivity contribution in [1.29, 1.82) is 0 Å². The summed E-state index contributed by atoms with van der Waals surface area (Å²) in [5.41, 5.74) is 2.43. The summed E-state index contributed by atoms with van der Waals surface area (Å²) in [6, 6.07) is 24.3. The number of imidazole rings is 1. The van der Waals surface area contributed by atoms with E-state index >= 15 is 0 Å². The molecule has 0 saturated heterocycles. The molecule has 0 fully saturated rings. The standard InChI is InChI=1S/C27H25N5O2/c1-29-24-23(31-16-8-15-30(26(31)28-24)17-19-9-3-2-4-10-19)25(33)32(27(29)34)18-21-13-7-12-20-11-5-6-14-22(20)21/h2-7,9-14H,8,15-18H2,1H3. The molecule has 0 atom stereocenters. The summed E-state index contributed by atoms with van der Waals surface area (Å²) < 4.78 is 4.84. The van der Waals surface area contributed by atoms with Crippen molar-refractivity contribution in [1.82, 2.24) is 18.7 Å². The summed E-state index contributed by atoms with van der Waals surface area (Å²) in [4.78, 5) is 34.0. The summed E-state index contributed by atoms with van der Waals surface area (Å²) in [5.74, 6) is 0.750. The molecule has 3 heterocycles. The minimum absolute atomic E-state index is 0.219. The summed E-state index contributed by atoms with van der Waals surface area (Å²) in [6.45, 7) is 2.49. The summed E-state index contributed by atoms with van der Waals surface area (Å²) in [6.07, 6.45) is 0.914. The third-order valence-corrected chi connectivity index (χ3v) is 6.73. The zero-order valence-corrected chi connectivity index (χ0v) is 19.0. The predicted molar refractivity (Wildman–Crippen MR) is 134 cm³/mol. The molecule has 3 aromatic carbocycles. The molecule has 7 heteroatoms. The van der Waals surface area contributed by atoms with Crippen molar-refractivity contribution in [3.63, 3.8) is 0 Å². The number of hydrogen-bond acceptors (Lipinski definition) is 4. The minimum Gasteiger partial charge on any atom is -0.338 e. The molecule has 170 valence electrons. The molecule has 0 saturated carbocycles. The Morgan fingerprint density at radius 1 is 0.853 bits per heavy atom. The van der Waals surface area contributed by atoms with Gasteiger partial charge in [-0.1, -0.05) is 72.8 Å². The van der Waals surface area contributed by atoms with Crippen LogP contribution in [0.4, 0.5) is 5.95 Å². The van der Waals surface area contributed by atoms with E-state index in [0.29, 0.717) is 24.3 Å². The van der Waals surface area contributed by atoms with Crippen LogP contribution in [0.3, 0.4) is 0 Å². The number of anilines is 1. The smallest absolute Gasteiger partial charge is 0.332 e. The zero-order chi connectivity index (χ0) is 23.2. The van der Waals surface area contributed by atoms with E-state index in [1.54, 1.807) is 7.05 Å². The molecule has 7 nitrogen and oxygen atoms in total. The molecule has 1 aliphatic heterocycles. The highest BCUT2D eigenvalue weighted by Crippen LogP contribution is 2.26. The van der Waals surface area contributed by atoms with E-state index in [2.05, 4.69) is 17.0 Å². The molecule has 0 unspecified atom stereocenters. The maximum absolute atomic E-state index is 13.7. The first-order chi connectivity index (χ1) is 16.6. The molecule has 0 amide bonds. The fourth-order valence-electron chi connectivity index (χ4n) is 5.03. The molecule has 0 bridgehead atoms. The average Bonchev–Trinajstić information content (AvgIpc) is 3.27. The van der Waals surface area contributed by atoms with Gasteiger partial charge in [-0.25, -0.2) is 4.79 Å². The first-order valence-electron chi connectivity index (χ1n) is 11.6. The minimum atomic E-state index is -0.351. The Balaban J connectivity index is 1.49. The molecule has 0 N–H and O–H groups in total. The van der Waals surface area contributed by atoms with Gasteiger partial charge in [0.05, 0.1) is 6.54 Å². The Hall–Kier alpha value is -4.13. The van der Waals surface area contributed by atoms with Gasteiger partial charge in [0.2, 0.25) is 5.95 Å². The van der Waals surface area contributed by atoms with Crippen LogP contribution < -0.4 is 16.1 Å². The van der Waals surface area contributed by atoms with Crippen molar-refractivity contribution in [2.24, 2.45) is 7.05 Å². The number of benzene rings is 3. The van der Waals surface area contributed by atoms with Gasteiger partial charge < -0.3 is 9.47 Å². The van der Waals surface area contributed by atoms with E-state index in [-0.39, 0.29) is 17.8 Å². The van der Waals surface area contributed by atoms with Crippen molar-refractivity contribution < 1.29 is 0 Å². The van der Waals surface area contributed by atoms with Gasteiger partial charge in [0, 0.05) is 26.7 Å². The Kier molecular flexibility index (Phi) is 4.83. The fourth-order valence-corrected chi connectivity index (χ4v) is 5.03. The van der Waals surface area contributed by atoms with E-state index in [0.717, 1.165) is 35.2 Å². The number of fused-ring (bicyclic) bond motifs is 4. The van der Waals surface area contributed by atoms with Gasteiger partial charge in [0.25, 0.3) is 5.56 Å². The topological polar surface area (TPSA) is 65.1 Å². The molecule has 0 spiro atoms. The van der Waals surface area contributed by atoms with Crippen molar-refractivity contribution >= 4 is 27.9 Å². The molecule has 0 aliphatic carbocycles. The second-order valence-electron chi connectivity index (χ2n) is 8.87. The van der Waals surface area contributed by atoms with Gasteiger partial charge >= 0.3 is 5.69 Å². The number of aromatic nitrogens is 4. The lowest BCUT2D eigenvalue weighted by atomic mass is 10.0. The summed E-state index contributed by atoms with van der Waals surface area (Å²) in [5, 5.41) is 2.13. The molecule has 5 aromatic rings. The second kappa shape index (κ2) is 8.02. The Morgan fingerprint density at radius 2 is 1.62 bits per heavy atom. The van der Waals surface area contributed by atoms with Crippen LogP contribution >= 0.6 is 0 Å². The van der Waals surface area contributed by atoms with Gasteiger partial charge in [-0.2, -0.15) is 4.98 Å². The van der Waals surface area contributed by atoms with E-state index in [1.807, 2.05) is 65.2 Å². The third-order valence-electron chi connectivity index (χ3n) is 6.73. The van der Waals surface area contributed by atoms with Crippen LogP contribution in [0.25, 0.3) is 21.9 Å². The maximum Gasteiger partial charge on any atom is 0.332 e. The Labute approximate surface area is 196 Å². The van der Waals surface area contributed by atoms with Crippen LogP contribution in [0.15, 0.2) is 82.4 Å². The van der Waals surface area contributed by atoms with Gasteiger partial charge in [-0.15, -0.1) is 0 Å². The monoisotopic (exact) mass is 451 g/mol. The van der Waals surface area contributed by atoms with Crippen LogP contribution in [0.5, 0.6) is 0 Å². The van der Waals surface area contributed by atoms with Crippen LogP contribution in [0.1, 0.15) is 17.5 Å². The molecule has 0 radical (unpaired) electrons. The number of nitrogens with zero attached hydrogens (tertiary/aromatic N) is 5. The van der Waals surface area contributed by atoms with Crippen LogP contribution in [-0.2, 0) is 26.7 Å². The normalized spacial score (nSPS) is 13.5. The Bertz CT molecular complexity index is 1640. The van der Waals surface area contributed by atoms with E-state index in [4.69, 9.17) is 4.98 Å². The predicted octanol–water partition coefficient (Wildman–Crippen LogP) is 3.51. The van der Waals surface area contributed by atoms with E-state index in [9.17, 15) is 9.59 Å². The first-order valence-corrected chi connectivity index (χ1v) is 11.6. The summed E-state index contributed by atoms with van der Waals surface area (Å²) >= 11 is 0. The molecule has 34 heavy (non-hydrogen) atoms. The molecule has 1 aliphatic rings. The lowest BCUT2D eigenvalue weighted by molar-refractivity contribution is 0.561. The average molecular weight is 452 g/mol. The van der Waals surface area contributed by atoms with E-state index in [1.165, 1.54) is 14.7 Å². The SMILES string of the molecule is Cn1c(=O)n(Cc2cccc3ccccc23)c(=O)c2c1nc1n2CCCN1Cc1ccccc1. The van der Waals surface area contributed by atoms with Crippen molar-refractivity contribution in [3.8, 4) is 0 Å². The highest BCUT2D eigenvalue weighted by atomic mass is 16.2. The molecule has 6 rings (SSSR count). The van der Waals surface area contributed by atoms with Gasteiger partial charge in [0.1, 0.15) is 0 Å². The van der Waals surface area contributed by atoms with Crippen LogP contribution in [0.2, 0.25) is 0 Å². The molecule has 2 aromatic heterocycles. The Morgan fingerprint density at radius 3 is 2.47 bits per heavy atom. The van der Waals surface area contributed by atoms with Gasteiger partial charge in [0.15, 0.2) is 11.2 Å². The number of hydrogen-bond donors (Lipinski definition) is 0. The van der Waals surface area contributed by atoms with Crippen molar-refractivity contribution in [2.75, 3.05) is 11.4 Å². The summed E-state index contributed by atoms with van der Waals surface area (Å²) in [7, 11) is 1.70.